The third kappa shape index (κ3) is 5.05. The van der Waals surface area contributed by atoms with Gasteiger partial charge in [-0.25, -0.2) is 0 Å². The van der Waals surface area contributed by atoms with Crippen LogP contribution in [0.1, 0.15) is 50.5 Å². The van der Waals surface area contributed by atoms with Crippen LogP contribution in [0.4, 0.5) is 5.69 Å². The lowest BCUT2D eigenvalue weighted by Gasteiger charge is -2.29. The van der Waals surface area contributed by atoms with Gasteiger partial charge in [0.2, 0.25) is 11.8 Å². The van der Waals surface area contributed by atoms with Crippen LogP contribution >= 0.6 is 0 Å². The fourth-order valence-corrected chi connectivity index (χ4v) is 3.72. The Hall–Kier alpha value is -1.88. The molecule has 3 rings (SSSR count). The number of benzene rings is 1. The molecule has 1 heterocycles. The van der Waals surface area contributed by atoms with Crippen molar-refractivity contribution in [3.63, 3.8) is 0 Å². The normalized spacial score (nSPS) is 19.6. The summed E-state index contributed by atoms with van der Waals surface area (Å²) in [6, 6.07) is 7.58. The van der Waals surface area contributed by atoms with Gasteiger partial charge in [0, 0.05) is 24.7 Å². The topological polar surface area (TPSA) is 69.6 Å². The Balaban J connectivity index is 1.49. The number of piperidine rings is 1. The van der Waals surface area contributed by atoms with Crippen molar-refractivity contribution in [3.05, 3.63) is 29.8 Å². The smallest absolute Gasteiger partial charge is 0.227 e. The summed E-state index contributed by atoms with van der Waals surface area (Å²) in [5.74, 6) is 0.366. The van der Waals surface area contributed by atoms with Gasteiger partial charge in [0.15, 0.2) is 0 Å². The number of hydrogen-bond acceptors (Lipinski definition) is 3. The van der Waals surface area contributed by atoms with E-state index in [1.165, 1.54) is 6.42 Å². The van der Waals surface area contributed by atoms with Gasteiger partial charge in [-0.05, 0) is 43.4 Å². The van der Waals surface area contributed by atoms with Crippen LogP contribution in [0.5, 0.6) is 0 Å². The van der Waals surface area contributed by atoms with Gasteiger partial charge in [-0.3, -0.25) is 9.59 Å². The molecule has 0 aromatic heterocycles. The van der Waals surface area contributed by atoms with E-state index in [4.69, 9.17) is 0 Å². The summed E-state index contributed by atoms with van der Waals surface area (Å²) in [5, 5.41) is 12.5. The maximum atomic E-state index is 12.3. The molecule has 0 unspecified atom stereocenters. The molecule has 1 saturated carbocycles. The predicted octanol–water partition coefficient (Wildman–Crippen LogP) is 2.73. The molecule has 1 aromatic carbocycles. The number of carbonyl (C=O) groups is 2. The van der Waals surface area contributed by atoms with E-state index in [0.29, 0.717) is 32.4 Å². The number of aliphatic hydroxyl groups excluding tert-OH is 1. The van der Waals surface area contributed by atoms with Crippen LogP contribution < -0.4 is 5.32 Å². The van der Waals surface area contributed by atoms with E-state index in [2.05, 4.69) is 5.32 Å². The number of carbonyl (C=O) groups excluding carboxylic acids is 2. The van der Waals surface area contributed by atoms with Gasteiger partial charge in [-0.1, -0.05) is 31.4 Å². The van der Waals surface area contributed by atoms with Gasteiger partial charge in [-0.2, -0.15) is 0 Å². The quantitative estimate of drug-likeness (QED) is 0.882. The minimum absolute atomic E-state index is 0.103. The van der Waals surface area contributed by atoms with Gasteiger partial charge < -0.3 is 15.3 Å². The number of anilines is 1. The first-order valence-corrected chi connectivity index (χ1v) is 9.47. The highest BCUT2D eigenvalue weighted by Gasteiger charge is 2.22. The van der Waals surface area contributed by atoms with Crippen LogP contribution in [0.3, 0.4) is 0 Å². The Morgan fingerprint density at radius 2 is 1.64 bits per heavy atom. The number of nitrogens with one attached hydrogen (secondary N) is 1. The van der Waals surface area contributed by atoms with Gasteiger partial charge in [0.05, 0.1) is 12.5 Å². The number of amides is 2. The Morgan fingerprint density at radius 1 is 1.00 bits per heavy atom. The summed E-state index contributed by atoms with van der Waals surface area (Å²) in [6.45, 7) is 1.27. The molecule has 25 heavy (non-hydrogen) atoms. The molecule has 1 saturated heterocycles. The van der Waals surface area contributed by atoms with Gasteiger partial charge in [0.25, 0.3) is 0 Å². The lowest BCUT2D eigenvalue weighted by molar-refractivity contribution is -0.132. The molecule has 0 radical (unpaired) electrons. The van der Waals surface area contributed by atoms with Crippen LogP contribution in [-0.4, -0.2) is 41.0 Å². The first-order valence-electron chi connectivity index (χ1n) is 9.47. The molecule has 1 aliphatic carbocycles. The minimum Gasteiger partial charge on any atom is -0.393 e. The summed E-state index contributed by atoms with van der Waals surface area (Å²) in [4.78, 5) is 26.4. The second-order valence-electron chi connectivity index (χ2n) is 7.31. The molecule has 2 amide bonds. The fourth-order valence-electron chi connectivity index (χ4n) is 3.72. The average molecular weight is 344 g/mol. The number of nitrogens with zero attached hydrogens (tertiary/aromatic N) is 1. The monoisotopic (exact) mass is 344 g/mol. The van der Waals surface area contributed by atoms with Crippen molar-refractivity contribution in [2.45, 2.75) is 57.5 Å². The Morgan fingerprint density at radius 3 is 2.28 bits per heavy atom. The van der Waals surface area contributed by atoms with Crippen molar-refractivity contribution in [2.24, 2.45) is 5.92 Å². The van der Waals surface area contributed by atoms with E-state index in [-0.39, 0.29) is 23.8 Å². The molecule has 0 atom stereocenters. The minimum atomic E-state index is -0.267. The maximum Gasteiger partial charge on any atom is 0.227 e. The van der Waals surface area contributed by atoms with Gasteiger partial charge in [0.1, 0.15) is 0 Å². The molecule has 5 nitrogen and oxygen atoms in total. The van der Waals surface area contributed by atoms with Crippen molar-refractivity contribution >= 4 is 17.5 Å². The molecule has 2 N–H and O–H groups in total. The van der Waals surface area contributed by atoms with E-state index in [9.17, 15) is 14.7 Å². The second-order valence-corrected chi connectivity index (χ2v) is 7.31. The molecular formula is C20H28N2O3. The highest BCUT2D eigenvalue weighted by molar-refractivity contribution is 5.92. The van der Waals surface area contributed by atoms with Crippen LogP contribution in [0.25, 0.3) is 0 Å². The summed E-state index contributed by atoms with van der Waals surface area (Å²) >= 11 is 0. The van der Waals surface area contributed by atoms with Crippen molar-refractivity contribution < 1.29 is 14.7 Å². The molecule has 2 aliphatic rings. The first-order chi connectivity index (χ1) is 12.1. The van der Waals surface area contributed by atoms with Crippen molar-refractivity contribution in [2.75, 3.05) is 18.4 Å². The number of likely N-dealkylation sites (tertiary alicyclic amines) is 1. The molecule has 1 aromatic rings. The zero-order valence-corrected chi connectivity index (χ0v) is 14.7. The lowest BCUT2D eigenvalue weighted by Crippen LogP contribution is -2.40. The molecule has 2 fully saturated rings. The zero-order valence-electron chi connectivity index (χ0n) is 14.7. The van der Waals surface area contributed by atoms with E-state index in [0.717, 1.165) is 36.9 Å². The summed E-state index contributed by atoms with van der Waals surface area (Å²) < 4.78 is 0. The number of aliphatic hydroxyl groups is 1. The van der Waals surface area contributed by atoms with E-state index in [1.54, 1.807) is 0 Å². The highest BCUT2D eigenvalue weighted by Crippen LogP contribution is 2.25. The lowest BCUT2D eigenvalue weighted by atomic mass is 9.88. The highest BCUT2D eigenvalue weighted by atomic mass is 16.3. The SMILES string of the molecule is O=C(Nc1ccc(CC(=O)N2CCC(O)CC2)cc1)C1CCCCC1. The summed E-state index contributed by atoms with van der Waals surface area (Å²) in [6.07, 6.45) is 6.94. The molecule has 0 bridgehead atoms. The van der Waals surface area contributed by atoms with Crippen molar-refractivity contribution in [1.29, 1.82) is 0 Å². The second kappa shape index (κ2) is 8.48. The largest absolute Gasteiger partial charge is 0.393 e. The van der Waals surface area contributed by atoms with Crippen molar-refractivity contribution in [1.82, 2.24) is 4.90 Å². The molecular weight excluding hydrogens is 316 g/mol. The third-order valence-corrected chi connectivity index (χ3v) is 5.37. The standard InChI is InChI=1S/C20H28N2O3/c23-18-10-12-22(13-11-18)19(24)14-15-6-8-17(9-7-15)21-20(25)16-4-2-1-3-5-16/h6-9,16,18,23H,1-5,10-14H2,(H,21,25). The average Bonchev–Trinajstić information content (AvgIpc) is 2.64. The first kappa shape index (κ1) is 17.9. The van der Waals surface area contributed by atoms with Gasteiger partial charge in [-0.15, -0.1) is 0 Å². The molecule has 5 heteroatoms. The van der Waals surface area contributed by atoms with E-state index in [1.807, 2.05) is 29.2 Å². The molecule has 136 valence electrons. The van der Waals surface area contributed by atoms with E-state index < -0.39 is 0 Å². The maximum absolute atomic E-state index is 12.3. The van der Waals surface area contributed by atoms with Crippen LogP contribution in [-0.2, 0) is 16.0 Å². The number of hydrogen-bond donors (Lipinski definition) is 2. The predicted molar refractivity (Wildman–Crippen MR) is 97.2 cm³/mol. The fraction of sp³-hybridized carbons (Fsp3) is 0.600. The Bertz CT molecular complexity index is 585. The molecule has 1 aliphatic heterocycles. The van der Waals surface area contributed by atoms with Crippen LogP contribution in [0, 0.1) is 5.92 Å². The van der Waals surface area contributed by atoms with Crippen molar-refractivity contribution in [3.8, 4) is 0 Å². The van der Waals surface area contributed by atoms with E-state index >= 15 is 0 Å². The number of rotatable bonds is 4. The molecule has 0 spiro atoms. The summed E-state index contributed by atoms with van der Waals surface area (Å²) in [7, 11) is 0. The Labute approximate surface area is 149 Å². The van der Waals surface area contributed by atoms with Crippen LogP contribution in [0.2, 0.25) is 0 Å². The van der Waals surface area contributed by atoms with Crippen LogP contribution in [0.15, 0.2) is 24.3 Å². The third-order valence-electron chi connectivity index (χ3n) is 5.37. The Kier molecular flexibility index (Phi) is 6.08. The summed E-state index contributed by atoms with van der Waals surface area (Å²) in [5.41, 5.74) is 1.75. The zero-order chi connectivity index (χ0) is 17.6. The van der Waals surface area contributed by atoms with Gasteiger partial charge >= 0.3 is 0 Å².